The summed E-state index contributed by atoms with van der Waals surface area (Å²) in [6.45, 7) is 13.4. The Balaban J connectivity index is 1.46. The van der Waals surface area contributed by atoms with Crippen LogP contribution in [-0.2, 0) is 20.7 Å². The summed E-state index contributed by atoms with van der Waals surface area (Å²) >= 11 is 1.69. The largest absolute Gasteiger partial charge is 0.308 e. The van der Waals surface area contributed by atoms with E-state index < -0.39 is 9.84 Å². The maximum atomic E-state index is 13.9. The highest BCUT2D eigenvalue weighted by Gasteiger charge is 2.35. The minimum atomic E-state index is -3.90. The van der Waals surface area contributed by atoms with E-state index in [0.717, 1.165) is 37.9 Å². The zero-order chi connectivity index (χ0) is 33.0. The lowest BCUT2D eigenvalue weighted by Gasteiger charge is -2.21. The summed E-state index contributed by atoms with van der Waals surface area (Å²) in [5.74, 6) is -0.266. The van der Waals surface area contributed by atoms with Crippen LogP contribution in [0.15, 0.2) is 112 Å². The highest BCUT2D eigenvalue weighted by Crippen LogP contribution is 2.44. The Hall–Kier alpha value is -4.52. The number of carbonyl (C=O) groups is 1. The van der Waals surface area contributed by atoms with Crippen LogP contribution >= 0.6 is 11.3 Å². The molecule has 4 nitrogen and oxygen atoms in total. The molecule has 5 aromatic carbocycles. The predicted octanol–water partition coefficient (Wildman–Crippen LogP) is 10.6. The van der Waals surface area contributed by atoms with Gasteiger partial charge in [0.25, 0.3) is 0 Å². The molecule has 0 atom stereocenters. The second kappa shape index (κ2) is 9.99. The van der Waals surface area contributed by atoms with Crippen LogP contribution in [0.1, 0.15) is 68.6 Å². The molecule has 234 valence electrons. The molecule has 0 amide bonds. The molecule has 3 heterocycles. The van der Waals surface area contributed by atoms with Crippen molar-refractivity contribution in [2.24, 2.45) is 0 Å². The molecule has 0 saturated heterocycles. The van der Waals surface area contributed by atoms with Gasteiger partial charge in [-0.1, -0.05) is 77.9 Å². The summed E-state index contributed by atoms with van der Waals surface area (Å²) in [5.41, 5.74) is 7.76. The van der Waals surface area contributed by atoms with Crippen molar-refractivity contribution in [3.63, 3.8) is 0 Å². The summed E-state index contributed by atoms with van der Waals surface area (Å²) in [6.07, 6.45) is 0. The number of hydrogen-bond acceptors (Lipinski definition) is 4. The van der Waals surface area contributed by atoms with Crippen LogP contribution in [0.25, 0.3) is 48.7 Å². The van der Waals surface area contributed by atoms with E-state index in [2.05, 4.69) is 106 Å². The average molecular weight is 654 g/mol. The van der Waals surface area contributed by atoms with Crippen molar-refractivity contribution in [1.82, 2.24) is 4.57 Å². The van der Waals surface area contributed by atoms with E-state index in [4.69, 9.17) is 0 Å². The minimum absolute atomic E-state index is 0.0204. The summed E-state index contributed by atoms with van der Waals surface area (Å²) < 4.78 is 31.4. The molecular weight excluding hydrogens is 619 g/mol. The van der Waals surface area contributed by atoms with E-state index >= 15 is 0 Å². The molecule has 0 spiro atoms. The van der Waals surface area contributed by atoms with Crippen molar-refractivity contribution >= 4 is 58.8 Å². The van der Waals surface area contributed by atoms with Crippen LogP contribution in [0, 0.1) is 0 Å². The second-order valence-electron chi connectivity index (χ2n) is 14.6. The molecule has 0 N–H and O–H groups in total. The lowest BCUT2D eigenvalue weighted by atomic mass is 9.85. The SMILES string of the molecule is CC(C)(C)c1ccc2c(c1)c1cc(C(C)(C)C)ccc1n2-c1c(-c2ccc3c(c2)S(=O)(=O)c2ccccc2C3=O)ccc2sccc12. The van der Waals surface area contributed by atoms with Gasteiger partial charge in [0, 0.05) is 37.5 Å². The number of thiophene rings is 1. The van der Waals surface area contributed by atoms with Gasteiger partial charge < -0.3 is 4.57 Å². The van der Waals surface area contributed by atoms with Gasteiger partial charge in [0.05, 0.1) is 26.5 Å². The van der Waals surface area contributed by atoms with Gasteiger partial charge in [0.1, 0.15) is 0 Å². The van der Waals surface area contributed by atoms with E-state index in [-0.39, 0.29) is 37.5 Å². The van der Waals surface area contributed by atoms with Crippen LogP contribution in [-0.4, -0.2) is 18.8 Å². The van der Waals surface area contributed by atoms with Gasteiger partial charge in [-0.25, -0.2) is 8.42 Å². The number of ketones is 1. The standard InChI is InChI=1S/C41H35NO3S2/c1-40(2,3)25-12-16-33-31(22-25)32-23-26(41(4,5)6)13-17-34(32)42(33)38-27(15-18-35-28(38)19-20-46-35)24-11-14-30-37(21-24)47(44,45)36-10-8-7-9-29(36)39(30)43/h7-23H,1-6H3. The first-order chi connectivity index (χ1) is 22.2. The van der Waals surface area contributed by atoms with Crippen molar-refractivity contribution in [2.75, 3.05) is 0 Å². The predicted molar refractivity (Wildman–Crippen MR) is 194 cm³/mol. The maximum Gasteiger partial charge on any atom is 0.208 e. The molecule has 7 aromatic rings. The molecule has 0 saturated carbocycles. The number of aromatic nitrogens is 1. The fourth-order valence-electron chi connectivity index (χ4n) is 6.95. The monoisotopic (exact) mass is 653 g/mol. The highest BCUT2D eigenvalue weighted by atomic mass is 32.2. The van der Waals surface area contributed by atoms with Crippen LogP contribution in [0.3, 0.4) is 0 Å². The van der Waals surface area contributed by atoms with Gasteiger partial charge in [-0.3, -0.25) is 4.79 Å². The van der Waals surface area contributed by atoms with E-state index in [1.54, 1.807) is 41.7 Å². The van der Waals surface area contributed by atoms with Crippen molar-refractivity contribution in [3.8, 4) is 16.8 Å². The van der Waals surface area contributed by atoms with Crippen molar-refractivity contribution in [1.29, 1.82) is 0 Å². The third kappa shape index (κ3) is 4.45. The Morgan fingerprint density at radius 2 is 1.19 bits per heavy atom. The van der Waals surface area contributed by atoms with Crippen molar-refractivity contribution in [2.45, 2.75) is 62.2 Å². The molecule has 0 unspecified atom stereocenters. The van der Waals surface area contributed by atoms with Crippen LogP contribution < -0.4 is 0 Å². The van der Waals surface area contributed by atoms with E-state index in [9.17, 15) is 13.2 Å². The third-order valence-corrected chi connectivity index (χ3v) is 12.3. The summed E-state index contributed by atoms with van der Waals surface area (Å²) in [6, 6.07) is 31.7. The average Bonchev–Trinajstić information content (AvgIpc) is 3.64. The van der Waals surface area contributed by atoms with E-state index in [1.165, 1.54) is 28.0 Å². The maximum absolute atomic E-state index is 13.9. The number of carbonyl (C=O) groups excluding carboxylic acids is 1. The zero-order valence-corrected chi connectivity index (χ0v) is 28.9. The number of hydrogen-bond donors (Lipinski definition) is 0. The van der Waals surface area contributed by atoms with E-state index in [1.807, 2.05) is 6.07 Å². The normalized spacial score (nSPS) is 14.6. The molecule has 0 aliphatic carbocycles. The minimum Gasteiger partial charge on any atom is -0.308 e. The number of nitrogens with zero attached hydrogens (tertiary/aromatic N) is 1. The quantitative estimate of drug-likeness (QED) is 0.187. The molecule has 6 heteroatoms. The van der Waals surface area contributed by atoms with Gasteiger partial charge in [0.15, 0.2) is 5.78 Å². The molecule has 1 aliphatic rings. The van der Waals surface area contributed by atoms with Gasteiger partial charge in [0.2, 0.25) is 9.84 Å². The zero-order valence-electron chi connectivity index (χ0n) is 27.3. The van der Waals surface area contributed by atoms with Gasteiger partial charge in [-0.2, -0.15) is 0 Å². The lowest BCUT2D eigenvalue weighted by molar-refractivity contribution is 0.103. The topological polar surface area (TPSA) is 56.1 Å². The fraction of sp³-hybridized carbons (Fsp3) is 0.195. The number of fused-ring (bicyclic) bond motifs is 6. The molecule has 47 heavy (non-hydrogen) atoms. The van der Waals surface area contributed by atoms with Gasteiger partial charge in [-0.15, -0.1) is 11.3 Å². The molecular formula is C41H35NO3S2. The third-order valence-electron chi connectivity index (χ3n) is 9.58. The molecule has 0 radical (unpaired) electrons. The summed E-state index contributed by atoms with van der Waals surface area (Å²) in [5, 5.41) is 5.57. The fourth-order valence-corrected chi connectivity index (χ4v) is 9.42. The van der Waals surface area contributed by atoms with Crippen molar-refractivity contribution in [3.05, 3.63) is 125 Å². The molecule has 1 aliphatic heterocycles. The van der Waals surface area contributed by atoms with Crippen LogP contribution in [0.5, 0.6) is 0 Å². The van der Waals surface area contributed by atoms with Gasteiger partial charge in [-0.05, 0) is 93.6 Å². The van der Waals surface area contributed by atoms with Crippen LogP contribution in [0.4, 0.5) is 0 Å². The Labute approximate surface area is 279 Å². The molecule has 2 aromatic heterocycles. The Bertz CT molecular complexity index is 2500. The summed E-state index contributed by atoms with van der Waals surface area (Å²) in [7, 11) is -3.90. The first kappa shape index (κ1) is 29.9. The molecule has 0 fully saturated rings. The van der Waals surface area contributed by atoms with E-state index in [0.29, 0.717) is 0 Å². The lowest BCUT2D eigenvalue weighted by Crippen LogP contribution is -2.20. The first-order valence-electron chi connectivity index (χ1n) is 15.9. The van der Waals surface area contributed by atoms with Crippen molar-refractivity contribution < 1.29 is 13.2 Å². The van der Waals surface area contributed by atoms with Crippen LogP contribution in [0.2, 0.25) is 0 Å². The Kier molecular flexibility index (Phi) is 6.35. The Morgan fingerprint density at radius 1 is 0.596 bits per heavy atom. The number of benzene rings is 5. The first-order valence-corrected chi connectivity index (χ1v) is 18.2. The molecule has 0 bridgehead atoms. The Morgan fingerprint density at radius 3 is 1.83 bits per heavy atom. The second-order valence-corrected chi connectivity index (χ2v) is 17.5. The number of rotatable bonds is 2. The molecule has 8 rings (SSSR count). The summed E-state index contributed by atoms with van der Waals surface area (Å²) in [4.78, 5) is 13.6. The van der Waals surface area contributed by atoms with Gasteiger partial charge >= 0.3 is 0 Å². The smallest absolute Gasteiger partial charge is 0.208 e. The number of sulfone groups is 1. The highest BCUT2D eigenvalue weighted by molar-refractivity contribution is 7.91.